The van der Waals surface area contributed by atoms with Gasteiger partial charge >= 0.3 is 0 Å². The molecule has 2 N–H and O–H groups in total. The third-order valence-electron chi connectivity index (χ3n) is 2.80. The first-order valence-electron chi connectivity index (χ1n) is 7.16. The minimum Gasteiger partial charge on any atom is -0.389 e. The summed E-state index contributed by atoms with van der Waals surface area (Å²) in [6.07, 6.45) is 1.30. The van der Waals surface area contributed by atoms with E-state index in [-0.39, 0.29) is 18.8 Å². The fourth-order valence-corrected chi connectivity index (χ4v) is 1.61. The summed E-state index contributed by atoms with van der Waals surface area (Å²) in [5, 5.41) is 12.3. The second-order valence-corrected chi connectivity index (χ2v) is 4.68. The first-order valence-corrected chi connectivity index (χ1v) is 7.16. The number of hydrogen-bond acceptors (Lipinski definition) is 4. The Morgan fingerprint density at radius 1 is 1.19 bits per heavy atom. The molecule has 0 aliphatic rings. The summed E-state index contributed by atoms with van der Waals surface area (Å²) in [7, 11) is 0. The molecule has 0 spiro atoms. The molecule has 0 bridgehead atoms. The van der Waals surface area contributed by atoms with E-state index < -0.39 is 17.7 Å². The average Bonchev–Trinajstić information content (AvgIpc) is 2.48. The lowest BCUT2D eigenvalue weighted by Crippen LogP contribution is -2.26. The highest BCUT2D eigenvalue weighted by molar-refractivity contribution is 5.44. The van der Waals surface area contributed by atoms with Gasteiger partial charge in [-0.15, -0.1) is 0 Å². The number of aliphatic hydroxyl groups excluding tert-OH is 1. The van der Waals surface area contributed by atoms with Crippen LogP contribution >= 0.6 is 0 Å². The third kappa shape index (κ3) is 7.36. The highest BCUT2D eigenvalue weighted by Gasteiger charge is 2.09. The van der Waals surface area contributed by atoms with Crippen LogP contribution in [-0.4, -0.2) is 44.2 Å². The topological polar surface area (TPSA) is 50.7 Å². The van der Waals surface area contributed by atoms with Crippen molar-refractivity contribution in [3.8, 4) is 0 Å². The molecule has 6 heteroatoms. The van der Waals surface area contributed by atoms with Crippen molar-refractivity contribution in [2.75, 3.05) is 38.3 Å². The molecular formula is C15H23F2NO3. The van der Waals surface area contributed by atoms with Gasteiger partial charge in [0, 0.05) is 13.2 Å². The van der Waals surface area contributed by atoms with Crippen molar-refractivity contribution >= 4 is 5.69 Å². The summed E-state index contributed by atoms with van der Waals surface area (Å²) in [4.78, 5) is 0. The van der Waals surface area contributed by atoms with E-state index in [1.807, 2.05) is 0 Å². The van der Waals surface area contributed by atoms with Crippen molar-refractivity contribution < 1.29 is 23.4 Å². The SMILES string of the molecule is CCCCOCCOCC(O)CNc1cccc(F)c1F. The molecule has 4 nitrogen and oxygen atoms in total. The van der Waals surface area contributed by atoms with E-state index in [2.05, 4.69) is 12.2 Å². The van der Waals surface area contributed by atoms with Gasteiger partial charge in [0.05, 0.1) is 31.6 Å². The number of benzene rings is 1. The first kappa shape index (κ1) is 17.8. The second kappa shape index (κ2) is 10.5. The summed E-state index contributed by atoms with van der Waals surface area (Å²) < 4.78 is 36.8. The lowest BCUT2D eigenvalue weighted by Gasteiger charge is -2.14. The fourth-order valence-electron chi connectivity index (χ4n) is 1.61. The zero-order valence-corrected chi connectivity index (χ0v) is 12.3. The average molecular weight is 303 g/mol. The summed E-state index contributed by atoms with van der Waals surface area (Å²) in [5.41, 5.74) is 0.0250. The molecule has 0 radical (unpaired) electrons. The van der Waals surface area contributed by atoms with Gasteiger partial charge in [-0.2, -0.15) is 0 Å². The van der Waals surface area contributed by atoms with Crippen molar-refractivity contribution in [2.45, 2.75) is 25.9 Å². The van der Waals surface area contributed by atoms with Crippen molar-refractivity contribution in [3.05, 3.63) is 29.8 Å². The molecule has 0 aliphatic heterocycles. The van der Waals surface area contributed by atoms with Crippen LogP contribution in [0.15, 0.2) is 18.2 Å². The van der Waals surface area contributed by atoms with Crippen LogP contribution in [0.1, 0.15) is 19.8 Å². The Morgan fingerprint density at radius 3 is 2.71 bits per heavy atom. The highest BCUT2D eigenvalue weighted by Crippen LogP contribution is 2.16. The van der Waals surface area contributed by atoms with Gasteiger partial charge in [-0.3, -0.25) is 0 Å². The predicted octanol–water partition coefficient (Wildman–Crippen LogP) is 2.57. The van der Waals surface area contributed by atoms with Crippen LogP contribution < -0.4 is 5.32 Å². The Balaban J connectivity index is 2.11. The maximum absolute atomic E-state index is 13.3. The number of anilines is 1. The Bertz CT molecular complexity index is 405. The van der Waals surface area contributed by atoms with Gasteiger partial charge in [0.2, 0.25) is 0 Å². The van der Waals surface area contributed by atoms with E-state index in [9.17, 15) is 13.9 Å². The van der Waals surface area contributed by atoms with E-state index in [0.29, 0.717) is 19.8 Å². The zero-order valence-electron chi connectivity index (χ0n) is 12.3. The number of rotatable bonds is 11. The van der Waals surface area contributed by atoms with E-state index in [1.54, 1.807) is 0 Å². The van der Waals surface area contributed by atoms with Gasteiger partial charge in [-0.25, -0.2) is 8.78 Å². The zero-order chi connectivity index (χ0) is 15.5. The standard InChI is InChI=1S/C15H23F2NO3/c1-2-3-7-20-8-9-21-11-12(19)10-18-14-6-4-5-13(16)15(14)17/h4-6,12,18-19H,2-3,7-11H2,1H3. The van der Waals surface area contributed by atoms with Crippen molar-refractivity contribution in [2.24, 2.45) is 0 Å². The van der Waals surface area contributed by atoms with Crippen LogP contribution in [0, 0.1) is 11.6 Å². The minimum atomic E-state index is -0.949. The Morgan fingerprint density at radius 2 is 1.95 bits per heavy atom. The Labute approximate surface area is 124 Å². The van der Waals surface area contributed by atoms with Gasteiger partial charge < -0.3 is 19.9 Å². The lowest BCUT2D eigenvalue weighted by atomic mass is 10.2. The molecule has 120 valence electrons. The molecule has 21 heavy (non-hydrogen) atoms. The first-order chi connectivity index (χ1) is 10.1. The number of aliphatic hydroxyl groups is 1. The molecule has 1 rings (SSSR count). The molecule has 1 aromatic carbocycles. The largest absolute Gasteiger partial charge is 0.389 e. The predicted molar refractivity (Wildman–Crippen MR) is 77.4 cm³/mol. The second-order valence-electron chi connectivity index (χ2n) is 4.68. The minimum absolute atomic E-state index is 0.0250. The maximum Gasteiger partial charge on any atom is 0.181 e. The van der Waals surface area contributed by atoms with Crippen molar-refractivity contribution in [1.29, 1.82) is 0 Å². The van der Waals surface area contributed by atoms with Gasteiger partial charge in [-0.05, 0) is 18.6 Å². The maximum atomic E-state index is 13.3. The Hall–Kier alpha value is -1.24. The molecule has 0 heterocycles. The molecule has 0 saturated heterocycles. The quantitative estimate of drug-likeness (QED) is 0.617. The molecule has 1 atom stereocenters. The van der Waals surface area contributed by atoms with Gasteiger partial charge in [0.1, 0.15) is 0 Å². The summed E-state index contributed by atoms with van der Waals surface area (Å²) in [5.74, 6) is -1.87. The van der Waals surface area contributed by atoms with Crippen LogP contribution in [0.4, 0.5) is 14.5 Å². The van der Waals surface area contributed by atoms with Crippen LogP contribution in [0.2, 0.25) is 0 Å². The van der Waals surface area contributed by atoms with E-state index in [0.717, 1.165) is 18.9 Å². The molecular weight excluding hydrogens is 280 g/mol. The molecule has 1 unspecified atom stereocenters. The Kier molecular flexibility index (Phi) is 8.89. The van der Waals surface area contributed by atoms with Gasteiger partial charge in [-0.1, -0.05) is 19.4 Å². The van der Waals surface area contributed by atoms with Crippen molar-refractivity contribution in [1.82, 2.24) is 0 Å². The van der Waals surface area contributed by atoms with Crippen LogP contribution in [0.25, 0.3) is 0 Å². The van der Waals surface area contributed by atoms with Gasteiger partial charge in [0.25, 0.3) is 0 Å². The highest BCUT2D eigenvalue weighted by atomic mass is 19.2. The smallest absolute Gasteiger partial charge is 0.181 e. The monoisotopic (exact) mass is 303 g/mol. The van der Waals surface area contributed by atoms with E-state index in [4.69, 9.17) is 9.47 Å². The van der Waals surface area contributed by atoms with Crippen LogP contribution in [-0.2, 0) is 9.47 Å². The van der Waals surface area contributed by atoms with Gasteiger partial charge in [0.15, 0.2) is 11.6 Å². The fraction of sp³-hybridized carbons (Fsp3) is 0.600. The van der Waals surface area contributed by atoms with E-state index in [1.165, 1.54) is 12.1 Å². The molecule has 1 aromatic rings. The molecule has 0 fully saturated rings. The summed E-state index contributed by atoms with van der Waals surface area (Å²) >= 11 is 0. The summed E-state index contributed by atoms with van der Waals surface area (Å²) in [6, 6.07) is 3.85. The molecule has 0 aromatic heterocycles. The molecule has 0 aliphatic carbocycles. The number of ether oxygens (including phenoxy) is 2. The van der Waals surface area contributed by atoms with Crippen molar-refractivity contribution in [3.63, 3.8) is 0 Å². The molecule has 0 saturated carbocycles. The number of unbranched alkanes of at least 4 members (excludes halogenated alkanes) is 1. The number of halogens is 2. The van der Waals surface area contributed by atoms with Crippen LogP contribution in [0.3, 0.4) is 0 Å². The number of hydrogen-bond donors (Lipinski definition) is 2. The lowest BCUT2D eigenvalue weighted by molar-refractivity contribution is 0.00748. The third-order valence-corrected chi connectivity index (χ3v) is 2.80. The molecule has 0 amide bonds. The normalized spacial score (nSPS) is 12.4. The van der Waals surface area contributed by atoms with Crippen LogP contribution in [0.5, 0.6) is 0 Å². The summed E-state index contributed by atoms with van der Waals surface area (Å²) in [6.45, 7) is 3.87. The van der Waals surface area contributed by atoms with E-state index >= 15 is 0 Å². The number of nitrogens with one attached hydrogen (secondary N) is 1.